The van der Waals surface area contributed by atoms with Crippen LogP contribution in [0.15, 0.2) is 28.7 Å². The summed E-state index contributed by atoms with van der Waals surface area (Å²) in [5.74, 6) is 1.07. The molecule has 2 nitrogen and oxygen atoms in total. The normalized spacial score (nSPS) is 25.4. The second kappa shape index (κ2) is 5.68. The van der Waals surface area contributed by atoms with E-state index < -0.39 is 0 Å². The van der Waals surface area contributed by atoms with E-state index in [0.29, 0.717) is 17.4 Å². The first kappa shape index (κ1) is 13.8. The molecule has 2 fully saturated rings. The van der Waals surface area contributed by atoms with Crippen LogP contribution in [-0.2, 0) is 4.79 Å². The van der Waals surface area contributed by atoms with E-state index in [9.17, 15) is 9.18 Å². The quantitative estimate of drug-likeness (QED) is 0.750. The van der Waals surface area contributed by atoms with Crippen molar-refractivity contribution in [2.24, 2.45) is 11.8 Å². The summed E-state index contributed by atoms with van der Waals surface area (Å²) in [4.78, 5) is 14.1. The molecule has 3 rings (SSSR count). The van der Waals surface area contributed by atoms with Gasteiger partial charge in [0.1, 0.15) is 5.82 Å². The van der Waals surface area contributed by atoms with E-state index in [-0.39, 0.29) is 11.7 Å². The Morgan fingerprint density at radius 3 is 2.70 bits per heavy atom. The third-order valence-electron chi connectivity index (χ3n) is 4.40. The van der Waals surface area contributed by atoms with E-state index in [4.69, 9.17) is 0 Å². The average Bonchev–Trinajstić information content (AvgIpc) is 3.00. The smallest absolute Gasteiger partial charge is 0.246 e. The van der Waals surface area contributed by atoms with Crippen LogP contribution >= 0.6 is 15.9 Å². The van der Waals surface area contributed by atoms with Crippen LogP contribution in [-0.4, -0.2) is 23.9 Å². The molecule has 0 aromatic heterocycles. The fourth-order valence-electron chi connectivity index (χ4n) is 3.32. The standard InChI is InChI=1S/C16H17BrFNO/c17-14-5-6-15(18)11(8-14)4-7-16(20)19-9-12-2-1-3-13(12)10-19/h4-8,12-13H,1-3,9-10H2/b7-4+. The fourth-order valence-corrected chi connectivity index (χ4v) is 3.70. The lowest BCUT2D eigenvalue weighted by Gasteiger charge is -2.14. The number of likely N-dealkylation sites (tertiary alicyclic amines) is 1. The summed E-state index contributed by atoms with van der Waals surface area (Å²) in [5.41, 5.74) is 0.437. The van der Waals surface area contributed by atoms with Gasteiger partial charge in [0.25, 0.3) is 0 Å². The number of hydrogen-bond donors (Lipinski definition) is 0. The van der Waals surface area contributed by atoms with Gasteiger partial charge in [-0.15, -0.1) is 0 Å². The molecule has 0 N–H and O–H groups in total. The van der Waals surface area contributed by atoms with Crippen LogP contribution < -0.4 is 0 Å². The summed E-state index contributed by atoms with van der Waals surface area (Å²) in [5, 5.41) is 0. The number of benzene rings is 1. The maximum Gasteiger partial charge on any atom is 0.246 e. The van der Waals surface area contributed by atoms with Crippen LogP contribution in [0.4, 0.5) is 4.39 Å². The van der Waals surface area contributed by atoms with E-state index in [1.165, 1.54) is 31.4 Å². The van der Waals surface area contributed by atoms with Gasteiger partial charge in [-0.05, 0) is 49.0 Å². The molecule has 1 aliphatic heterocycles. The predicted octanol–water partition coefficient (Wildman–Crippen LogP) is 3.86. The van der Waals surface area contributed by atoms with E-state index in [1.807, 2.05) is 4.90 Å². The predicted molar refractivity (Wildman–Crippen MR) is 80.5 cm³/mol. The van der Waals surface area contributed by atoms with Crippen molar-refractivity contribution < 1.29 is 9.18 Å². The van der Waals surface area contributed by atoms with Gasteiger partial charge in [0.15, 0.2) is 0 Å². The fraction of sp³-hybridized carbons (Fsp3) is 0.438. The molecule has 0 spiro atoms. The monoisotopic (exact) mass is 337 g/mol. The first-order valence-corrected chi connectivity index (χ1v) is 7.85. The number of nitrogens with zero attached hydrogens (tertiary/aromatic N) is 1. The maximum absolute atomic E-state index is 13.6. The third kappa shape index (κ3) is 2.80. The number of halogens is 2. The van der Waals surface area contributed by atoms with E-state index >= 15 is 0 Å². The zero-order chi connectivity index (χ0) is 14.1. The average molecular weight is 338 g/mol. The second-order valence-electron chi connectivity index (χ2n) is 5.69. The Bertz CT molecular complexity index is 545. The summed E-state index contributed by atoms with van der Waals surface area (Å²) in [6.45, 7) is 1.74. The molecule has 2 atom stereocenters. The second-order valence-corrected chi connectivity index (χ2v) is 6.61. The van der Waals surface area contributed by atoms with Crippen molar-refractivity contribution in [2.45, 2.75) is 19.3 Å². The summed E-state index contributed by atoms with van der Waals surface area (Å²) in [6.07, 6.45) is 6.86. The van der Waals surface area contributed by atoms with Gasteiger partial charge in [0, 0.05) is 29.2 Å². The van der Waals surface area contributed by atoms with E-state index in [0.717, 1.165) is 17.6 Å². The molecule has 2 unspecified atom stereocenters. The molecule has 1 saturated carbocycles. The molecular formula is C16H17BrFNO. The summed E-state index contributed by atoms with van der Waals surface area (Å²) >= 11 is 3.31. The highest BCUT2D eigenvalue weighted by Gasteiger charge is 2.37. The number of hydrogen-bond acceptors (Lipinski definition) is 1. The van der Waals surface area contributed by atoms with Gasteiger partial charge in [-0.3, -0.25) is 4.79 Å². The maximum atomic E-state index is 13.6. The van der Waals surface area contributed by atoms with Gasteiger partial charge < -0.3 is 4.90 Å². The van der Waals surface area contributed by atoms with Crippen molar-refractivity contribution in [2.75, 3.05) is 13.1 Å². The van der Waals surface area contributed by atoms with Crippen LogP contribution in [0.5, 0.6) is 0 Å². The van der Waals surface area contributed by atoms with Crippen molar-refractivity contribution in [1.29, 1.82) is 0 Å². The molecule has 1 aromatic carbocycles. The number of carbonyl (C=O) groups excluding carboxylic acids is 1. The number of rotatable bonds is 2. The number of fused-ring (bicyclic) bond motifs is 1. The van der Waals surface area contributed by atoms with Crippen molar-refractivity contribution in [3.05, 3.63) is 40.1 Å². The molecule has 4 heteroatoms. The van der Waals surface area contributed by atoms with E-state index in [2.05, 4.69) is 15.9 Å². The summed E-state index contributed by atoms with van der Waals surface area (Å²) < 4.78 is 14.4. The Morgan fingerprint density at radius 2 is 2.00 bits per heavy atom. The summed E-state index contributed by atoms with van der Waals surface area (Å²) in [6, 6.07) is 4.72. The van der Waals surface area contributed by atoms with Crippen LogP contribution in [0, 0.1) is 17.7 Å². The van der Waals surface area contributed by atoms with Gasteiger partial charge >= 0.3 is 0 Å². The largest absolute Gasteiger partial charge is 0.339 e. The lowest BCUT2D eigenvalue weighted by atomic mass is 10.0. The zero-order valence-corrected chi connectivity index (χ0v) is 12.8. The molecule has 2 aliphatic rings. The molecule has 0 bridgehead atoms. The first-order chi connectivity index (χ1) is 9.63. The zero-order valence-electron chi connectivity index (χ0n) is 11.2. The molecule has 1 amide bonds. The van der Waals surface area contributed by atoms with Gasteiger partial charge in [-0.1, -0.05) is 22.4 Å². The Kier molecular flexibility index (Phi) is 3.92. The minimum absolute atomic E-state index is 0.00113. The summed E-state index contributed by atoms with van der Waals surface area (Å²) in [7, 11) is 0. The van der Waals surface area contributed by atoms with Crippen molar-refractivity contribution in [3.8, 4) is 0 Å². The van der Waals surface area contributed by atoms with Crippen LogP contribution in [0.1, 0.15) is 24.8 Å². The van der Waals surface area contributed by atoms with Crippen LogP contribution in [0.3, 0.4) is 0 Å². The minimum atomic E-state index is -0.310. The number of carbonyl (C=O) groups is 1. The molecule has 0 radical (unpaired) electrons. The Labute approximate surface area is 126 Å². The molecule has 1 aliphatic carbocycles. The van der Waals surface area contributed by atoms with Crippen molar-refractivity contribution in [1.82, 2.24) is 4.90 Å². The first-order valence-electron chi connectivity index (χ1n) is 7.05. The molecule has 1 saturated heterocycles. The van der Waals surface area contributed by atoms with Gasteiger partial charge in [0.2, 0.25) is 5.91 Å². The van der Waals surface area contributed by atoms with Gasteiger partial charge in [-0.25, -0.2) is 4.39 Å². The van der Waals surface area contributed by atoms with Crippen molar-refractivity contribution in [3.63, 3.8) is 0 Å². The minimum Gasteiger partial charge on any atom is -0.339 e. The van der Waals surface area contributed by atoms with Gasteiger partial charge in [-0.2, -0.15) is 0 Å². The van der Waals surface area contributed by atoms with Crippen molar-refractivity contribution >= 4 is 27.9 Å². The molecule has 1 heterocycles. The SMILES string of the molecule is O=C(/C=C/c1cc(Br)ccc1F)N1CC2CCCC2C1. The van der Waals surface area contributed by atoms with Crippen LogP contribution in [0.2, 0.25) is 0 Å². The number of amides is 1. The highest BCUT2D eigenvalue weighted by molar-refractivity contribution is 9.10. The Morgan fingerprint density at radius 1 is 1.30 bits per heavy atom. The third-order valence-corrected chi connectivity index (χ3v) is 4.89. The Hall–Kier alpha value is -1.16. The molecule has 1 aromatic rings. The highest BCUT2D eigenvalue weighted by atomic mass is 79.9. The van der Waals surface area contributed by atoms with E-state index in [1.54, 1.807) is 18.2 Å². The van der Waals surface area contributed by atoms with Crippen LogP contribution in [0.25, 0.3) is 6.08 Å². The lowest BCUT2D eigenvalue weighted by molar-refractivity contribution is -0.125. The molecular weight excluding hydrogens is 321 g/mol. The Balaban J connectivity index is 1.67. The highest BCUT2D eigenvalue weighted by Crippen LogP contribution is 2.37. The molecule has 106 valence electrons. The lowest BCUT2D eigenvalue weighted by Crippen LogP contribution is -2.27. The molecule has 20 heavy (non-hydrogen) atoms. The topological polar surface area (TPSA) is 20.3 Å². The van der Waals surface area contributed by atoms with Gasteiger partial charge in [0.05, 0.1) is 0 Å².